The summed E-state index contributed by atoms with van der Waals surface area (Å²) in [6.07, 6.45) is 1.30. The number of hydrogen-bond acceptors (Lipinski definition) is 5. The van der Waals surface area contributed by atoms with Crippen molar-refractivity contribution in [3.05, 3.63) is 60.5 Å². The summed E-state index contributed by atoms with van der Waals surface area (Å²) in [5.41, 5.74) is 2.10. The summed E-state index contributed by atoms with van der Waals surface area (Å²) < 4.78 is 10.1. The zero-order valence-electron chi connectivity index (χ0n) is 11.5. The molecule has 6 nitrogen and oxygen atoms in total. The Hall–Kier alpha value is -3.15. The van der Waals surface area contributed by atoms with Crippen LogP contribution in [0, 0.1) is 0 Å². The van der Waals surface area contributed by atoms with Crippen molar-refractivity contribution < 1.29 is 18.7 Å². The molecule has 1 heterocycles. The number of benzene rings is 2. The lowest BCUT2D eigenvalue weighted by Gasteiger charge is -2.06. The molecule has 22 heavy (non-hydrogen) atoms. The molecule has 1 amide bonds. The first kappa shape index (κ1) is 13.8. The Bertz CT molecular complexity index is 811. The molecule has 0 fully saturated rings. The van der Waals surface area contributed by atoms with Crippen molar-refractivity contribution in [1.82, 2.24) is 4.98 Å². The van der Waals surface area contributed by atoms with Crippen molar-refractivity contribution in [3.63, 3.8) is 0 Å². The molecule has 0 saturated carbocycles. The molecule has 0 spiro atoms. The second kappa shape index (κ2) is 6.09. The molecule has 0 radical (unpaired) electrons. The molecule has 110 valence electrons. The summed E-state index contributed by atoms with van der Waals surface area (Å²) in [7, 11) is 0. The summed E-state index contributed by atoms with van der Waals surface area (Å²) in [6.45, 7) is -0.357. The fraction of sp³-hybridized carbons (Fsp3) is 0.0625. The Kier molecular flexibility index (Phi) is 3.82. The number of rotatable bonds is 4. The van der Waals surface area contributed by atoms with Gasteiger partial charge < -0.3 is 14.5 Å². The van der Waals surface area contributed by atoms with Crippen molar-refractivity contribution in [2.45, 2.75) is 0 Å². The van der Waals surface area contributed by atoms with Crippen molar-refractivity contribution in [2.24, 2.45) is 0 Å². The van der Waals surface area contributed by atoms with Gasteiger partial charge in [0.1, 0.15) is 5.52 Å². The van der Waals surface area contributed by atoms with Crippen molar-refractivity contribution in [2.75, 3.05) is 11.9 Å². The van der Waals surface area contributed by atoms with E-state index in [0.717, 1.165) is 0 Å². The summed E-state index contributed by atoms with van der Waals surface area (Å²) in [5.74, 6) is -0.991. The smallest absolute Gasteiger partial charge is 0.338 e. The Labute approximate surface area is 125 Å². The first-order chi connectivity index (χ1) is 10.7. The number of fused-ring (bicyclic) bond motifs is 1. The standard InChI is InChI=1S/C16H12N2O4/c19-15(18-12-4-2-1-3-5-12)9-21-16(20)11-6-7-14-13(8-11)17-10-22-14/h1-8,10H,9H2,(H,18,19). The van der Waals surface area contributed by atoms with E-state index in [2.05, 4.69) is 10.3 Å². The van der Waals surface area contributed by atoms with Gasteiger partial charge in [-0.25, -0.2) is 9.78 Å². The molecule has 3 aromatic rings. The molecule has 3 rings (SSSR count). The molecular formula is C16H12N2O4. The number of anilines is 1. The predicted molar refractivity (Wildman–Crippen MR) is 79.4 cm³/mol. The minimum Gasteiger partial charge on any atom is -0.452 e. The molecule has 1 aromatic heterocycles. The molecule has 0 atom stereocenters. The van der Waals surface area contributed by atoms with Gasteiger partial charge in [0.15, 0.2) is 18.6 Å². The van der Waals surface area contributed by atoms with Crippen LogP contribution < -0.4 is 5.32 Å². The molecule has 0 saturated heterocycles. The third-order valence-corrected chi connectivity index (χ3v) is 2.96. The van der Waals surface area contributed by atoms with Crippen LogP contribution in [-0.2, 0) is 9.53 Å². The highest BCUT2D eigenvalue weighted by atomic mass is 16.5. The number of para-hydroxylation sites is 1. The van der Waals surface area contributed by atoms with Crippen LogP contribution in [-0.4, -0.2) is 23.5 Å². The van der Waals surface area contributed by atoms with Crippen molar-refractivity contribution in [1.29, 1.82) is 0 Å². The number of amides is 1. The number of carbonyl (C=O) groups excluding carboxylic acids is 2. The van der Waals surface area contributed by atoms with Crippen molar-refractivity contribution in [3.8, 4) is 0 Å². The van der Waals surface area contributed by atoms with Gasteiger partial charge in [-0.15, -0.1) is 0 Å². The van der Waals surface area contributed by atoms with Crippen LogP contribution in [0.5, 0.6) is 0 Å². The number of oxazole rings is 1. The summed E-state index contributed by atoms with van der Waals surface area (Å²) in [4.78, 5) is 27.6. The van der Waals surface area contributed by atoms with E-state index in [0.29, 0.717) is 22.4 Å². The van der Waals surface area contributed by atoms with Gasteiger partial charge >= 0.3 is 5.97 Å². The van der Waals surface area contributed by atoms with Crippen LogP contribution in [0.4, 0.5) is 5.69 Å². The zero-order valence-corrected chi connectivity index (χ0v) is 11.5. The van der Waals surface area contributed by atoms with Gasteiger partial charge in [-0.1, -0.05) is 18.2 Å². The van der Waals surface area contributed by atoms with E-state index in [1.165, 1.54) is 6.39 Å². The summed E-state index contributed by atoms with van der Waals surface area (Å²) >= 11 is 0. The number of ether oxygens (including phenoxy) is 1. The molecule has 2 aromatic carbocycles. The lowest BCUT2D eigenvalue weighted by Crippen LogP contribution is -2.20. The first-order valence-electron chi connectivity index (χ1n) is 6.57. The average molecular weight is 296 g/mol. The fourth-order valence-corrected chi connectivity index (χ4v) is 1.92. The monoisotopic (exact) mass is 296 g/mol. The molecular weight excluding hydrogens is 284 g/mol. The minimum absolute atomic E-state index is 0.314. The number of nitrogens with one attached hydrogen (secondary N) is 1. The quantitative estimate of drug-likeness (QED) is 0.748. The third-order valence-electron chi connectivity index (χ3n) is 2.96. The van der Waals surface area contributed by atoms with Crippen LogP contribution in [0.1, 0.15) is 10.4 Å². The van der Waals surface area contributed by atoms with Gasteiger partial charge in [0.05, 0.1) is 5.56 Å². The lowest BCUT2D eigenvalue weighted by atomic mass is 10.2. The van der Waals surface area contributed by atoms with Crippen LogP contribution in [0.3, 0.4) is 0 Å². The molecule has 1 N–H and O–H groups in total. The number of nitrogens with zero attached hydrogens (tertiary/aromatic N) is 1. The van der Waals surface area contributed by atoms with E-state index in [-0.39, 0.29) is 6.61 Å². The fourth-order valence-electron chi connectivity index (χ4n) is 1.92. The molecule has 0 aliphatic carbocycles. The number of esters is 1. The van der Waals surface area contributed by atoms with Gasteiger partial charge in [0.25, 0.3) is 5.91 Å². The zero-order chi connectivity index (χ0) is 15.4. The van der Waals surface area contributed by atoms with E-state index in [4.69, 9.17) is 9.15 Å². The normalized spacial score (nSPS) is 10.4. The van der Waals surface area contributed by atoms with Gasteiger partial charge in [-0.3, -0.25) is 4.79 Å². The van der Waals surface area contributed by atoms with E-state index >= 15 is 0 Å². The van der Waals surface area contributed by atoms with Gasteiger partial charge in [0.2, 0.25) is 0 Å². The lowest BCUT2D eigenvalue weighted by molar-refractivity contribution is -0.119. The molecule has 0 bridgehead atoms. The molecule has 0 aliphatic rings. The van der Waals surface area contributed by atoms with E-state index in [1.807, 2.05) is 6.07 Å². The molecule has 0 aliphatic heterocycles. The maximum Gasteiger partial charge on any atom is 0.338 e. The second-order valence-corrected chi connectivity index (χ2v) is 4.53. The molecule has 6 heteroatoms. The van der Waals surface area contributed by atoms with Gasteiger partial charge in [0, 0.05) is 5.69 Å². The maximum absolute atomic E-state index is 11.9. The van der Waals surface area contributed by atoms with Gasteiger partial charge in [-0.05, 0) is 30.3 Å². The summed E-state index contributed by atoms with van der Waals surface area (Å²) in [6, 6.07) is 13.7. The first-order valence-corrected chi connectivity index (χ1v) is 6.57. The highest BCUT2D eigenvalue weighted by Crippen LogP contribution is 2.14. The average Bonchev–Trinajstić information content (AvgIpc) is 3.01. The van der Waals surface area contributed by atoms with Crippen LogP contribution in [0.25, 0.3) is 11.1 Å². The Morgan fingerprint density at radius 3 is 2.77 bits per heavy atom. The maximum atomic E-state index is 11.9. The topological polar surface area (TPSA) is 81.4 Å². The predicted octanol–water partition coefficient (Wildman–Crippen LogP) is 2.62. The second-order valence-electron chi connectivity index (χ2n) is 4.53. The summed E-state index contributed by atoms with van der Waals surface area (Å²) in [5, 5.41) is 2.63. The minimum atomic E-state index is -0.590. The van der Waals surface area contributed by atoms with E-state index in [9.17, 15) is 9.59 Å². The Morgan fingerprint density at radius 2 is 1.95 bits per heavy atom. The number of hydrogen-bond donors (Lipinski definition) is 1. The molecule has 0 unspecified atom stereocenters. The highest BCUT2D eigenvalue weighted by molar-refractivity contribution is 5.96. The highest BCUT2D eigenvalue weighted by Gasteiger charge is 2.12. The largest absolute Gasteiger partial charge is 0.452 e. The van der Waals surface area contributed by atoms with Crippen molar-refractivity contribution >= 4 is 28.7 Å². The Balaban J connectivity index is 1.58. The van der Waals surface area contributed by atoms with Crippen LogP contribution >= 0.6 is 0 Å². The van der Waals surface area contributed by atoms with Crippen LogP contribution in [0.2, 0.25) is 0 Å². The third kappa shape index (κ3) is 3.12. The number of aromatic nitrogens is 1. The van der Waals surface area contributed by atoms with Crippen LogP contribution in [0.15, 0.2) is 59.3 Å². The van der Waals surface area contributed by atoms with E-state index < -0.39 is 11.9 Å². The van der Waals surface area contributed by atoms with Gasteiger partial charge in [-0.2, -0.15) is 0 Å². The van der Waals surface area contributed by atoms with E-state index in [1.54, 1.807) is 42.5 Å². The Morgan fingerprint density at radius 1 is 1.14 bits per heavy atom. The number of carbonyl (C=O) groups is 2. The SMILES string of the molecule is O=C(COC(=O)c1ccc2ocnc2c1)Nc1ccccc1.